The molecule has 3 nitrogen and oxygen atoms in total. The summed E-state index contributed by atoms with van der Waals surface area (Å²) >= 11 is 0. The normalized spacial score (nSPS) is 30.7. The lowest BCUT2D eigenvalue weighted by Crippen LogP contribution is -2.28. The lowest BCUT2D eigenvalue weighted by atomic mass is 10.2. The van der Waals surface area contributed by atoms with Gasteiger partial charge in [0.25, 0.3) is 0 Å². The second-order valence-electron chi connectivity index (χ2n) is 4.12. The van der Waals surface area contributed by atoms with Crippen molar-refractivity contribution in [2.24, 2.45) is 5.73 Å². The maximum atomic E-state index is 9.46. The monoisotopic (exact) mass is 207 g/mol. The molecule has 3 N–H and O–H groups in total. The van der Waals surface area contributed by atoms with Crippen molar-refractivity contribution in [1.82, 2.24) is 0 Å². The molecule has 1 aliphatic rings. The summed E-state index contributed by atoms with van der Waals surface area (Å²) in [6.07, 6.45) is 1.13. The second-order valence-corrected chi connectivity index (χ2v) is 4.12. The topological polar surface area (TPSA) is 55.5 Å². The minimum Gasteiger partial charge on any atom is -0.391 e. The molecule has 1 saturated carbocycles. The molecule has 0 aromatic heterocycles. The van der Waals surface area contributed by atoms with E-state index in [0.717, 1.165) is 12.0 Å². The Morgan fingerprint density at radius 2 is 2.00 bits per heavy atom. The van der Waals surface area contributed by atoms with Crippen molar-refractivity contribution in [2.45, 2.75) is 37.7 Å². The van der Waals surface area contributed by atoms with Crippen LogP contribution in [0.5, 0.6) is 0 Å². The third kappa shape index (κ3) is 2.78. The molecular weight excluding hydrogens is 190 g/mol. The van der Waals surface area contributed by atoms with Crippen LogP contribution >= 0.6 is 0 Å². The van der Waals surface area contributed by atoms with Gasteiger partial charge in [-0.3, -0.25) is 0 Å². The van der Waals surface area contributed by atoms with Gasteiger partial charge in [-0.05, 0) is 12.0 Å². The zero-order chi connectivity index (χ0) is 10.7. The summed E-state index contributed by atoms with van der Waals surface area (Å²) in [6.45, 7) is 0.602. The van der Waals surface area contributed by atoms with Crippen LogP contribution in [0.3, 0.4) is 0 Å². The van der Waals surface area contributed by atoms with E-state index in [0.29, 0.717) is 13.0 Å². The Labute approximate surface area is 89.9 Å². The van der Waals surface area contributed by atoms with Gasteiger partial charge < -0.3 is 15.6 Å². The number of ether oxygens (including phenoxy) is 1. The van der Waals surface area contributed by atoms with E-state index < -0.39 is 6.10 Å². The van der Waals surface area contributed by atoms with Gasteiger partial charge in [0, 0.05) is 12.5 Å². The Balaban J connectivity index is 1.80. The van der Waals surface area contributed by atoms with Crippen molar-refractivity contribution >= 4 is 0 Å². The highest BCUT2D eigenvalue weighted by molar-refractivity contribution is 5.13. The van der Waals surface area contributed by atoms with Gasteiger partial charge in [-0.25, -0.2) is 0 Å². The van der Waals surface area contributed by atoms with Gasteiger partial charge in [-0.15, -0.1) is 0 Å². The van der Waals surface area contributed by atoms with Crippen molar-refractivity contribution < 1.29 is 9.84 Å². The summed E-state index contributed by atoms with van der Waals surface area (Å²) in [6, 6.07) is 9.92. The Morgan fingerprint density at radius 1 is 1.27 bits per heavy atom. The molecule has 0 bridgehead atoms. The van der Waals surface area contributed by atoms with Crippen molar-refractivity contribution in [3.05, 3.63) is 35.9 Å². The average molecular weight is 207 g/mol. The van der Waals surface area contributed by atoms with Crippen molar-refractivity contribution in [1.29, 1.82) is 0 Å². The minimum atomic E-state index is -0.397. The van der Waals surface area contributed by atoms with E-state index in [2.05, 4.69) is 0 Å². The molecule has 0 saturated heterocycles. The number of rotatable bonds is 3. The van der Waals surface area contributed by atoms with Crippen LogP contribution in [0.4, 0.5) is 0 Å². The lowest BCUT2D eigenvalue weighted by Gasteiger charge is -2.10. The molecule has 1 aromatic carbocycles. The van der Waals surface area contributed by atoms with E-state index in [1.807, 2.05) is 30.3 Å². The highest BCUT2D eigenvalue weighted by atomic mass is 16.5. The van der Waals surface area contributed by atoms with Gasteiger partial charge >= 0.3 is 0 Å². The molecule has 82 valence electrons. The van der Waals surface area contributed by atoms with Crippen LogP contribution in [0.2, 0.25) is 0 Å². The molecule has 0 unspecified atom stereocenters. The summed E-state index contributed by atoms with van der Waals surface area (Å²) in [5, 5.41) is 9.46. The minimum absolute atomic E-state index is 0.107. The van der Waals surface area contributed by atoms with E-state index >= 15 is 0 Å². The third-order valence-electron chi connectivity index (χ3n) is 2.86. The van der Waals surface area contributed by atoms with Gasteiger partial charge in [0.1, 0.15) is 0 Å². The number of benzene rings is 1. The Kier molecular flexibility index (Phi) is 3.36. The molecule has 0 aliphatic heterocycles. The molecule has 0 radical (unpaired) electrons. The van der Waals surface area contributed by atoms with Crippen LogP contribution in [0.15, 0.2) is 30.3 Å². The number of aliphatic hydroxyl groups excluding tert-OH is 1. The summed E-state index contributed by atoms with van der Waals surface area (Å²) in [5.41, 5.74) is 6.87. The standard InChI is InChI=1S/C12H17NO2/c13-11-6-10(7-12(11)14)15-8-9-4-2-1-3-5-9/h1-5,10-12,14H,6-8,13H2/t10-,11+,12+/m1/s1. The molecule has 1 fully saturated rings. The summed E-state index contributed by atoms with van der Waals surface area (Å²) in [5.74, 6) is 0. The molecule has 3 heteroatoms. The molecule has 0 heterocycles. The van der Waals surface area contributed by atoms with Gasteiger partial charge in [0.2, 0.25) is 0 Å². The van der Waals surface area contributed by atoms with Gasteiger partial charge in [-0.2, -0.15) is 0 Å². The zero-order valence-corrected chi connectivity index (χ0v) is 8.67. The highest BCUT2D eigenvalue weighted by Gasteiger charge is 2.30. The fraction of sp³-hybridized carbons (Fsp3) is 0.500. The van der Waals surface area contributed by atoms with E-state index in [4.69, 9.17) is 10.5 Å². The summed E-state index contributed by atoms with van der Waals surface area (Å²) in [4.78, 5) is 0. The first kappa shape index (κ1) is 10.6. The van der Waals surface area contributed by atoms with E-state index in [1.54, 1.807) is 0 Å². The lowest BCUT2D eigenvalue weighted by molar-refractivity contribution is 0.0357. The third-order valence-corrected chi connectivity index (χ3v) is 2.86. The molecular formula is C12H17NO2. The highest BCUT2D eigenvalue weighted by Crippen LogP contribution is 2.22. The van der Waals surface area contributed by atoms with Crippen LogP contribution in [0.1, 0.15) is 18.4 Å². The first-order chi connectivity index (χ1) is 7.25. The number of aliphatic hydroxyl groups is 1. The SMILES string of the molecule is N[C@H]1C[C@@H](OCc2ccccc2)C[C@@H]1O. The van der Waals surface area contributed by atoms with Crippen LogP contribution in [0, 0.1) is 0 Å². The Hall–Kier alpha value is -0.900. The molecule has 3 atom stereocenters. The fourth-order valence-electron chi connectivity index (χ4n) is 1.93. The zero-order valence-electron chi connectivity index (χ0n) is 8.67. The second kappa shape index (κ2) is 4.75. The summed E-state index contributed by atoms with van der Waals surface area (Å²) < 4.78 is 5.69. The Bertz CT molecular complexity index is 292. The number of hydrogen-bond donors (Lipinski definition) is 2. The van der Waals surface area contributed by atoms with Gasteiger partial charge in [-0.1, -0.05) is 30.3 Å². The van der Waals surface area contributed by atoms with Gasteiger partial charge in [0.15, 0.2) is 0 Å². The quantitative estimate of drug-likeness (QED) is 0.779. The van der Waals surface area contributed by atoms with Crippen molar-refractivity contribution in [2.75, 3.05) is 0 Å². The maximum Gasteiger partial charge on any atom is 0.0720 e. The summed E-state index contributed by atoms with van der Waals surface area (Å²) in [7, 11) is 0. The Morgan fingerprint density at radius 3 is 2.60 bits per heavy atom. The molecule has 15 heavy (non-hydrogen) atoms. The molecule has 0 amide bonds. The number of hydrogen-bond acceptors (Lipinski definition) is 3. The number of nitrogens with two attached hydrogens (primary N) is 1. The van der Waals surface area contributed by atoms with Crippen molar-refractivity contribution in [3.8, 4) is 0 Å². The van der Waals surface area contributed by atoms with E-state index in [-0.39, 0.29) is 12.1 Å². The molecule has 1 aromatic rings. The molecule has 1 aliphatic carbocycles. The van der Waals surface area contributed by atoms with Crippen LogP contribution in [-0.4, -0.2) is 23.4 Å². The largest absolute Gasteiger partial charge is 0.391 e. The van der Waals surface area contributed by atoms with Crippen molar-refractivity contribution in [3.63, 3.8) is 0 Å². The maximum absolute atomic E-state index is 9.46. The van der Waals surface area contributed by atoms with Crippen LogP contribution in [0.25, 0.3) is 0 Å². The fourth-order valence-corrected chi connectivity index (χ4v) is 1.93. The molecule has 0 spiro atoms. The molecule has 2 rings (SSSR count). The van der Waals surface area contributed by atoms with Gasteiger partial charge in [0.05, 0.1) is 18.8 Å². The predicted molar refractivity (Wildman–Crippen MR) is 58.2 cm³/mol. The van der Waals surface area contributed by atoms with Crippen LogP contribution in [-0.2, 0) is 11.3 Å². The first-order valence-electron chi connectivity index (χ1n) is 5.35. The van der Waals surface area contributed by atoms with E-state index in [9.17, 15) is 5.11 Å². The first-order valence-corrected chi connectivity index (χ1v) is 5.35. The van der Waals surface area contributed by atoms with E-state index in [1.165, 1.54) is 0 Å². The smallest absolute Gasteiger partial charge is 0.0720 e. The predicted octanol–water partition coefficient (Wildman–Crippen LogP) is 1.05. The van der Waals surface area contributed by atoms with Crippen LogP contribution < -0.4 is 5.73 Å². The average Bonchev–Trinajstić information content (AvgIpc) is 2.57.